The van der Waals surface area contributed by atoms with Gasteiger partial charge in [-0.25, -0.2) is 4.98 Å². The van der Waals surface area contributed by atoms with Crippen molar-refractivity contribution in [1.82, 2.24) is 4.98 Å². The Kier molecular flexibility index (Phi) is 6.48. The van der Waals surface area contributed by atoms with Crippen LogP contribution in [0.3, 0.4) is 0 Å². The van der Waals surface area contributed by atoms with Gasteiger partial charge in [0, 0.05) is 34.0 Å². The van der Waals surface area contributed by atoms with Gasteiger partial charge in [0.15, 0.2) is 0 Å². The van der Waals surface area contributed by atoms with Gasteiger partial charge in [0.25, 0.3) is 11.8 Å². The second-order valence-corrected chi connectivity index (χ2v) is 8.22. The van der Waals surface area contributed by atoms with E-state index >= 15 is 0 Å². The van der Waals surface area contributed by atoms with Crippen LogP contribution in [0.25, 0.3) is 10.6 Å². The molecule has 2 N–H and O–H groups in total. The lowest BCUT2D eigenvalue weighted by atomic mass is 10.2. The number of hydrogen-bond acceptors (Lipinski definition) is 7. The minimum atomic E-state index is -0.371. The molecule has 0 saturated heterocycles. The standard InChI is InChI=1S/C23H19N3O4S2/c1-29-19-11-17(25-22(28)18-13-32-23(26-18)15-8-9-31-12-15)20(30-2)10-16(19)24-21(27)14-6-4-3-5-7-14/h3-13H,1-2H3,(H,24,27)(H,25,28). The van der Waals surface area contributed by atoms with E-state index in [4.69, 9.17) is 9.47 Å². The first-order valence-corrected chi connectivity index (χ1v) is 11.3. The number of nitrogens with one attached hydrogen (secondary N) is 2. The molecule has 9 heteroatoms. The van der Waals surface area contributed by atoms with Crippen molar-refractivity contribution in [1.29, 1.82) is 0 Å². The fraction of sp³-hybridized carbons (Fsp3) is 0.0870. The number of amides is 2. The highest BCUT2D eigenvalue weighted by atomic mass is 32.1. The Hall–Kier alpha value is -3.69. The molecule has 0 spiro atoms. The number of rotatable bonds is 7. The summed E-state index contributed by atoms with van der Waals surface area (Å²) in [6, 6.07) is 14.0. The maximum absolute atomic E-state index is 12.8. The van der Waals surface area contributed by atoms with Gasteiger partial charge < -0.3 is 20.1 Å². The molecule has 162 valence electrons. The zero-order valence-corrected chi connectivity index (χ0v) is 18.9. The minimum Gasteiger partial charge on any atom is -0.494 e. The molecule has 0 aliphatic heterocycles. The van der Waals surface area contributed by atoms with Gasteiger partial charge in [0.2, 0.25) is 0 Å². The molecule has 4 rings (SSSR count). The third-order valence-corrected chi connectivity index (χ3v) is 6.13. The Balaban J connectivity index is 1.56. The van der Waals surface area contributed by atoms with Crippen molar-refractivity contribution in [3.8, 4) is 22.1 Å². The molecule has 0 atom stereocenters. The summed E-state index contributed by atoms with van der Waals surface area (Å²) in [5, 5.41) is 12.1. The van der Waals surface area contributed by atoms with Gasteiger partial charge in [-0.1, -0.05) is 18.2 Å². The lowest BCUT2D eigenvalue weighted by Gasteiger charge is -2.16. The molecule has 0 aliphatic carbocycles. The van der Waals surface area contributed by atoms with Crippen LogP contribution in [-0.2, 0) is 0 Å². The Bertz CT molecular complexity index is 1240. The van der Waals surface area contributed by atoms with E-state index < -0.39 is 0 Å². The predicted molar refractivity (Wildman–Crippen MR) is 127 cm³/mol. The maximum Gasteiger partial charge on any atom is 0.275 e. The number of thiazole rings is 1. The van der Waals surface area contributed by atoms with E-state index in [9.17, 15) is 9.59 Å². The number of hydrogen-bond donors (Lipinski definition) is 2. The molecule has 32 heavy (non-hydrogen) atoms. The van der Waals surface area contributed by atoms with Crippen LogP contribution >= 0.6 is 22.7 Å². The maximum atomic E-state index is 12.8. The first kappa shape index (κ1) is 21.5. The summed E-state index contributed by atoms with van der Waals surface area (Å²) in [4.78, 5) is 29.7. The van der Waals surface area contributed by atoms with Crippen molar-refractivity contribution in [3.63, 3.8) is 0 Å². The summed E-state index contributed by atoms with van der Waals surface area (Å²) in [7, 11) is 2.97. The fourth-order valence-electron chi connectivity index (χ4n) is 2.96. The quantitative estimate of drug-likeness (QED) is 0.382. The summed E-state index contributed by atoms with van der Waals surface area (Å²) >= 11 is 2.98. The smallest absolute Gasteiger partial charge is 0.275 e. The van der Waals surface area contributed by atoms with E-state index in [0.29, 0.717) is 34.1 Å². The number of ether oxygens (including phenoxy) is 2. The molecule has 0 radical (unpaired) electrons. The first-order valence-electron chi connectivity index (χ1n) is 9.51. The molecule has 2 heterocycles. The van der Waals surface area contributed by atoms with E-state index in [1.54, 1.807) is 53.1 Å². The molecule has 4 aromatic rings. The normalized spacial score (nSPS) is 10.4. The molecule has 0 bridgehead atoms. The molecule has 0 unspecified atom stereocenters. The summed E-state index contributed by atoms with van der Waals surface area (Å²) in [5.41, 5.74) is 2.62. The fourth-order valence-corrected chi connectivity index (χ4v) is 4.47. The minimum absolute atomic E-state index is 0.286. The average molecular weight is 466 g/mol. The molecule has 2 aromatic carbocycles. The lowest BCUT2D eigenvalue weighted by molar-refractivity contribution is 0.101. The Morgan fingerprint density at radius 3 is 2.12 bits per heavy atom. The van der Waals surface area contributed by atoms with Gasteiger partial charge in [0.05, 0.1) is 25.6 Å². The Morgan fingerprint density at radius 2 is 1.53 bits per heavy atom. The van der Waals surface area contributed by atoms with Crippen LogP contribution in [0.4, 0.5) is 11.4 Å². The highest BCUT2D eigenvalue weighted by Gasteiger charge is 2.18. The molecular weight excluding hydrogens is 446 g/mol. The van der Waals surface area contributed by atoms with Crippen LogP contribution in [0, 0.1) is 0 Å². The zero-order valence-electron chi connectivity index (χ0n) is 17.2. The number of thiophene rings is 1. The van der Waals surface area contributed by atoms with E-state index in [0.717, 1.165) is 10.6 Å². The van der Waals surface area contributed by atoms with E-state index in [2.05, 4.69) is 15.6 Å². The predicted octanol–water partition coefficient (Wildman–Crippen LogP) is 5.39. The topological polar surface area (TPSA) is 89.6 Å². The van der Waals surface area contributed by atoms with Gasteiger partial charge in [-0.15, -0.1) is 11.3 Å². The van der Waals surface area contributed by atoms with Gasteiger partial charge >= 0.3 is 0 Å². The molecule has 0 fully saturated rings. The molecule has 0 saturated carbocycles. The van der Waals surface area contributed by atoms with Gasteiger partial charge in [-0.05, 0) is 23.6 Å². The van der Waals surface area contributed by atoms with Crippen molar-refractivity contribution in [3.05, 3.63) is 75.9 Å². The second-order valence-electron chi connectivity index (χ2n) is 6.58. The van der Waals surface area contributed by atoms with Crippen LogP contribution in [0.5, 0.6) is 11.5 Å². The molecular formula is C23H19N3O4S2. The van der Waals surface area contributed by atoms with E-state index in [1.165, 1.54) is 25.6 Å². The van der Waals surface area contributed by atoms with Crippen LogP contribution in [0.2, 0.25) is 0 Å². The number of nitrogens with zero attached hydrogens (tertiary/aromatic N) is 1. The van der Waals surface area contributed by atoms with Crippen molar-refractivity contribution >= 4 is 45.9 Å². The van der Waals surface area contributed by atoms with Crippen LogP contribution < -0.4 is 20.1 Å². The molecule has 2 amide bonds. The lowest BCUT2D eigenvalue weighted by Crippen LogP contribution is -2.15. The summed E-state index contributed by atoms with van der Waals surface area (Å²) in [6.07, 6.45) is 0. The van der Waals surface area contributed by atoms with Gasteiger partial charge in [-0.2, -0.15) is 11.3 Å². The number of carbonyl (C=O) groups is 2. The Morgan fingerprint density at radius 1 is 0.875 bits per heavy atom. The highest BCUT2D eigenvalue weighted by molar-refractivity contribution is 7.14. The molecule has 2 aromatic heterocycles. The van der Waals surface area contributed by atoms with Crippen LogP contribution in [-0.4, -0.2) is 31.0 Å². The largest absolute Gasteiger partial charge is 0.494 e. The second kappa shape index (κ2) is 9.63. The zero-order chi connectivity index (χ0) is 22.5. The monoisotopic (exact) mass is 465 g/mol. The molecule has 0 aliphatic rings. The van der Waals surface area contributed by atoms with Crippen molar-refractivity contribution < 1.29 is 19.1 Å². The third-order valence-electron chi connectivity index (χ3n) is 4.56. The van der Waals surface area contributed by atoms with E-state index in [1.807, 2.05) is 22.9 Å². The summed E-state index contributed by atoms with van der Waals surface area (Å²) in [5.74, 6) is 0.0914. The van der Waals surface area contributed by atoms with Crippen molar-refractivity contribution in [2.45, 2.75) is 0 Å². The van der Waals surface area contributed by atoms with Gasteiger partial charge in [0.1, 0.15) is 22.2 Å². The summed E-state index contributed by atoms with van der Waals surface area (Å²) < 4.78 is 10.9. The van der Waals surface area contributed by atoms with Crippen molar-refractivity contribution in [2.24, 2.45) is 0 Å². The SMILES string of the molecule is COc1cc(NC(=O)c2csc(-c3ccsc3)n2)c(OC)cc1NC(=O)c1ccccc1. The van der Waals surface area contributed by atoms with Crippen LogP contribution in [0.15, 0.2) is 64.7 Å². The summed E-state index contributed by atoms with van der Waals surface area (Å²) in [6.45, 7) is 0. The van der Waals surface area contributed by atoms with Crippen LogP contribution in [0.1, 0.15) is 20.8 Å². The van der Waals surface area contributed by atoms with Gasteiger partial charge in [-0.3, -0.25) is 9.59 Å². The number of anilines is 2. The number of carbonyl (C=O) groups excluding carboxylic acids is 2. The number of aromatic nitrogens is 1. The van der Waals surface area contributed by atoms with E-state index in [-0.39, 0.29) is 11.8 Å². The van der Waals surface area contributed by atoms with Crippen molar-refractivity contribution in [2.75, 3.05) is 24.9 Å². The Labute approximate surface area is 192 Å². The number of methoxy groups -OCH3 is 2. The average Bonchev–Trinajstić information content (AvgIpc) is 3.52. The highest BCUT2D eigenvalue weighted by Crippen LogP contribution is 2.37. The third kappa shape index (κ3) is 4.63. The first-order chi connectivity index (χ1) is 15.6. The molecule has 7 nitrogen and oxygen atoms in total. The number of benzene rings is 2.